The first kappa shape index (κ1) is 19.5. The molecule has 0 aliphatic rings. The van der Waals surface area contributed by atoms with Gasteiger partial charge >= 0.3 is 0 Å². The molecule has 126 valence electrons. The Balaban J connectivity index is 0.00000264. The van der Waals surface area contributed by atoms with E-state index in [1.807, 2.05) is 16.9 Å². The minimum absolute atomic E-state index is 0. The lowest BCUT2D eigenvalue weighted by Gasteiger charge is -2.13. The van der Waals surface area contributed by atoms with Crippen LogP contribution in [0.3, 0.4) is 0 Å². The van der Waals surface area contributed by atoms with Crippen LogP contribution in [0.2, 0.25) is 0 Å². The van der Waals surface area contributed by atoms with E-state index in [4.69, 9.17) is 0 Å². The number of nitrogens with zero attached hydrogens (tertiary/aromatic N) is 3. The Bertz CT molecular complexity index is 580. The SMILES string of the molecule is CCc1ccccc1CNC(=NC)NCCCn1cccn1.I. The Morgan fingerprint density at radius 3 is 2.61 bits per heavy atom. The number of hydrogen-bond acceptors (Lipinski definition) is 2. The lowest BCUT2D eigenvalue weighted by atomic mass is 10.1. The summed E-state index contributed by atoms with van der Waals surface area (Å²) in [6, 6.07) is 10.5. The Hall–Kier alpha value is -1.57. The third-order valence-corrected chi connectivity index (χ3v) is 3.58. The van der Waals surface area contributed by atoms with Crippen LogP contribution in [0.5, 0.6) is 0 Å². The highest BCUT2D eigenvalue weighted by Gasteiger charge is 2.01. The van der Waals surface area contributed by atoms with Crippen molar-refractivity contribution in [1.82, 2.24) is 20.4 Å². The van der Waals surface area contributed by atoms with Gasteiger partial charge in [0.25, 0.3) is 0 Å². The van der Waals surface area contributed by atoms with E-state index in [2.05, 4.69) is 51.9 Å². The molecule has 0 spiro atoms. The maximum Gasteiger partial charge on any atom is 0.191 e. The molecular formula is C17H26IN5. The largest absolute Gasteiger partial charge is 0.356 e. The monoisotopic (exact) mass is 427 g/mol. The fourth-order valence-corrected chi connectivity index (χ4v) is 2.35. The van der Waals surface area contributed by atoms with Gasteiger partial charge in [0, 0.05) is 39.1 Å². The van der Waals surface area contributed by atoms with Gasteiger partial charge in [-0.05, 0) is 30.0 Å². The number of benzene rings is 1. The summed E-state index contributed by atoms with van der Waals surface area (Å²) in [5, 5.41) is 10.9. The zero-order chi connectivity index (χ0) is 15.6. The smallest absolute Gasteiger partial charge is 0.191 e. The predicted molar refractivity (Wildman–Crippen MR) is 106 cm³/mol. The molecule has 0 amide bonds. The molecule has 0 fully saturated rings. The molecule has 2 rings (SSSR count). The van der Waals surface area contributed by atoms with Crippen molar-refractivity contribution in [1.29, 1.82) is 0 Å². The van der Waals surface area contributed by atoms with Gasteiger partial charge in [0.15, 0.2) is 5.96 Å². The van der Waals surface area contributed by atoms with Crippen molar-refractivity contribution in [2.24, 2.45) is 4.99 Å². The van der Waals surface area contributed by atoms with Gasteiger partial charge in [-0.2, -0.15) is 5.10 Å². The Labute approximate surface area is 155 Å². The Morgan fingerprint density at radius 2 is 1.96 bits per heavy atom. The summed E-state index contributed by atoms with van der Waals surface area (Å²) in [5.41, 5.74) is 2.70. The zero-order valence-electron chi connectivity index (χ0n) is 13.8. The fraction of sp³-hybridized carbons (Fsp3) is 0.412. The summed E-state index contributed by atoms with van der Waals surface area (Å²) in [6.07, 6.45) is 5.84. The van der Waals surface area contributed by atoms with Crippen LogP contribution in [-0.4, -0.2) is 29.3 Å². The number of aliphatic imine (C=N–C) groups is 1. The van der Waals surface area contributed by atoms with Crippen LogP contribution in [0, 0.1) is 0 Å². The zero-order valence-corrected chi connectivity index (χ0v) is 16.2. The number of aryl methyl sites for hydroxylation is 2. The number of nitrogens with one attached hydrogen (secondary N) is 2. The van der Waals surface area contributed by atoms with Crippen LogP contribution in [-0.2, 0) is 19.5 Å². The van der Waals surface area contributed by atoms with Crippen molar-refractivity contribution in [3.63, 3.8) is 0 Å². The molecule has 1 aromatic heterocycles. The lowest BCUT2D eigenvalue weighted by molar-refractivity contribution is 0.570. The molecule has 1 aromatic carbocycles. The van der Waals surface area contributed by atoms with Gasteiger partial charge in [0.05, 0.1) is 0 Å². The summed E-state index contributed by atoms with van der Waals surface area (Å²) < 4.78 is 1.94. The quantitative estimate of drug-likeness (QED) is 0.309. The maximum absolute atomic E-state index is 4.27. The standard InChI is InChI=1S/C17H25N5.HI/c1-3-15-8-4-5-9-16(15)14-20-17(18-2)19-10-6-12-22-13-7-11-21-22;/h4-5,7-9,11,13H,3,6,10,12,14H2,1-2H3,(H2,18,19,20);1H. The molecule has 6 heteroatoms. The molecule has 2 aromatic rings. The van der Waals surface area contributed by atoms with Crippen molar-refractivity contribution in [2.45, 2.75) is 32.9 Å². The van der Waals surface area contributed by atoms with Gasteiger partial charge < -0.3 is 10.6 Å². The number of hydrogen-bond donors (Lipinski definition) is 2. The van der Waals surface area contributed by atoms with Gasteiger partial charge in [-0.25, -0.2) is 0 Å². The summed E-state index contributed by atoms with van der Waals surface area (Å²) in [6.45, 7) is 4.76. The molecule has 2 N–H and O–H groups in total. The van der Waals surface area contributed by atoms with Crippen LogP contribution < -0.4 is 10.6 Å². The van der Waals surface area contributed by atoms with Crippen molar-refractivity contribution in [3.8, 4) is 0 Å². The third-order valence-electron chi connectivity index (χ3n) is 3.58. The third kappa shape index (κ3) is 6.60. The fourth-order valence-electron chi connectivity index (χ4n) is 2.35. The number of rotatable bonds is 7. The molecule has 5 nitrogen and oxygen atoms in total. The first-order valence-electron chi connectivity index (χ1n) is 7.82. The van der Waals surface area contributed by atoms with E-state index < -0.39 is 0 Å². The van der Waals surface area contributed by atoms with E-state index in [0.29, 0.717) is 0 Å². The van der Waals surface area contributed by atoms with Crippen molar-refractivity contribution in [3.05, 3.63) is 53.9 Å². The minimum atomic E-state index is 0. The molecule has 1 heterocycles. The van der Waals surface area contributed by atoms with Crippen LogP contribution in [0.4, 0.5) is 0 Å². The highest BCUT2D eigenvalue weighted by atomic mass is 127. The van der Waals surface area contributed by atoms with Gasteiger partial charge in [-0.15, -0.1) is 24.0 Å². The normalized spacial score (nSPS) is 11.0. The molecule has 0 saturated carbocycles. The Kier molecular flexibility index (Phi) is 9.35. The molecule has 0 aliphatic heterocycles. The van der Waals surface area contributed by atoms with E-state index >= 15 is 0 Å². The van der Waals surface area contributed by atoms with Gasteiger partial charge in [0.1, 0.15) is 0 Å². The molecular weight excluding hydrogens is 401 g/mol. The van der Waals surface area contributed by atoms with Crippen LogP contribution in [0.15, 0.2) is 47.7 Å². The molecule has 23 heavy (non-hydrogen) atoms. The van der Waals surface area contributed by atoms with Gasteiger partial charge in [0.2, 0.25) is 0 Å². The minimum Gasteiger partial charge on any atom is -0.356 e. The molecule has 0 unspecified atom stereocenters. The van der Waals surface area contributed by atoms with E-state index in [1.54, 1.807) is 13.2 Å². The van der Waals surface area contributed by atoms with E-state index in [1.165, 1.54) is 11.1 Å². The van der Waals surface area contributed by atoms with E-state index in [9.17, 15) is 0 Å². The topological polar surface area (TPSA) is 54.2 Å². The first-order valence-corrected chi connectivity index (χ1v) is 7.82. The second-order valence-electron chi connectivity index (χ2n) is 5.10. The highest BCUT2D eigenvalue weighted by molar-refractivity contribution is 14.0. The maximum atomic E-state index is 4.27. The summed E-state index contributed by atoms with van der Waals surface area (Å²) in [5.74, 6) is 0.839. The number of aromatic nitrogens is 2. The van der Waals surface area contributed by atoms with E-state index in [0.717, 1.165) is 38.4 Å². The van der Waals surface area contributed by atoms with E-state index in [-0.39, 0.29) is 24.0 Å². The van der Waals surface area contributed by atoms with Crippen LogP contribution in [0.25, 0.3) is 0 Å². The summed E-state index contributed by atoms with van der Waals surface area (Å²) in [4.78, 5) is 4.27. The summed E-state index contributed by atoms with van der Waals surface area (Å²) >= 11 is 0. The van der Waals surface area contributed by atoms with Crippen molar-refractivity contribution < 1.29 is 0 Å². The molecule has 0 saturated heterocycles. The average molecular weight is 427 g/mol. The number of guanidine groups is 1. The lowest BCUT2D eigenvalue weighted by Crippen LogP contribution is -2.37. The van der Waals surface area contributed by atoms with Crippen molar-refractivity contribution in [2.75, 3.05) is 13.6 Å². The van der Waals surface area contributed by atoms with Gasteiger partial charge in [-0.1, -0.05) is 31.2 Å². The second-order valence-corrected chi connectivity index (χ2v) is 5.10. The van der Waals surface area contributed by atoms with Crippen molar-refractivity contribution >= 4 is 29.9 Å². The predicted octanol–water partition coefficient (Wildman–Crippen LogP) is 2.82. The molecule has 0 atom stereocenters. The Morgan fingerprint density at radius 1 is 1.17 bits per heavy atom. The summed E-state index contributed by atoms with van der Waals surface area (Å²) in [7, 11) is 1.80. The average Bonchev–Trinajstić information content (AvgIpc) is 3.08. The van der Waals surface area contributed by atoms with Crippen LogP contribution >= 0.6 is 24.0 Å². The second kappa shape index (κ2) is 11.0. The molecule has 0 radical (unpaired) electrons. The number of halogens is 1. The first-order chi connectivity index (χ1) is 10.8. The molecule has 0 aliphatic carbocycles. The van der Waals surface area contributed by atoms with Gasteiger partial charge in [-0.3, -0.25) is 9.67 Å². The van der Waals surface area contributed by atoms with Crippen LogP contribution in [0.1, 0.15) is 24.5 Å². The molecule has 0 bridgehead atoms. The highest BCUT2D eigenvalue weighted by Crippen LogP contribution is 2.08.